The highest BCUT2D eigenvalue weighted by Crippen LogP contribution is 2.19. The predicted molar refractivity (Wildman–Crippen MR) is 100 cm³/mol. The predicted octanol–water partition coefficient (Wildman–Crippen LogP) is 3.04. The number of halogens is 2. The quantitative estimate of drug-likeness (QED) is 0.690. The number of ketones is 1. The number of methoxy groups -OCH3 is 1. The highest BCUT2D eigenvalue weighted by Gasteiger charge is 2.13. The molecule has 26 heavy (non-hydrogen) atoms. The van der Waals surface area contributed by atoms with Gasteiger partial charge in [0.1, 0.15) is 0 Å². The molecular weight excluding hydrogens is 359 g/mol. The summed E-state index contributed by atoms with van der Waals surface area (Å²) in [6.45, 7) is 0.286. The molecule has 7 heteroatoms. The molecule has 1 unspecified atom stereocenters. The molecule has 140 valence electrons. The van der Waals surface area contributed by atoms with Crippen LogP contribution in [-0.4, -0.2) is 25.3 Å². The summed E-state index contributed by atoms with van der Waals surface area (Å²) < 4.78 is 18.4. The van der Waals surface area contributed by atoms with Crippen molar-refractivity contribution in [3.63, 3.8) is 0 Å². The second-order valence-corrected chi connectivity index (χ2v) is 5.59. The molecule has 2 aromatic carbocycles. The van der Waals surface area contributed by atoms with Gasteiger partial charge in [-0.15, -0.1) is 12.4 Å². The molecule has 0 aliphatic heterocycles. The van der Waals surface area contributed by atoms with Gasteiger partial charge in [-0.3, -0.25) is 9.59 Å². The maximum atomic E-state index is 13.6. The van der Waals surface area contributed by atoms with Crippen LogP contribution < -0.4 is 15.8 Å². The van der Waals surface area contributed by atoms with Crippen molar-refractivity contribution in [3.05, 3.63) is 65.5 Å². The molecular formula is C19H22ClFN2O3. The Labute approximate surface area is 158 Å². The maximum absolute atomic E-state index is 13.6. The van der Waals surface area contributed by atoms with Crippen LogP contribution in [-0.2, 0) is 4.79 Å². The van der Waals surface area contributed by atoms with Crippen molar-refractivity contribution in [2.75, 3.05) is 13.7 Å². The Morgan fingerprint density at radius 1 is 1.15 bits per heavy atom. The number of carbonyl (C=O) groups is 2. The first-order valence-electron chi connectivity index (χ1n) is 7.95. The normalized spacial score (nSPS) is 11.2. The van der Waals surface area contributed by atoms with Crippen molar-refractivity contribution in [2.24, 2.45) is 5.73 Å². The van der Waals surface area contributed by atoms with Crippen LogP contribution >= 0.6 is 12.4 Å². The van der Waals surface area contributed by atoms with Gasteiger partial charge in [-0.25, -0.2) is 4.39 Å². The van der Waals surface area contributed by atoms with Crippen molar-refractivity contribution < 1.29 is 18.7 Å². The minimum atomic E-state index is -0.605. The van der Waals surface area contributed by atoms with Gasteiger partial charge in [-0.05, 0) is 23.8 Å². The Morgan fingerprint density at radius 2 is 1.85 bits per heavy atom. The summed E-state index contributed by atoms with van der Waals surface area (Å²) in [6.07, 6.45) is 0.0200. The first-order chi connectivity index (χ1) is 12.0. The van der Waals surface area contributed by atoms with E-state index in [9.17, 15) is 14.0 Å². The van der Waals surface area contributed by atoms with Crippen molar-refractivity contribution in [1.29, 1.82) is 0 Å². The molecule has 0 heterocycles. The van der Waals surface area contributed by atoms with Crippen LogP contribution in [0.1, 0.15) is 34.8 Å². The number of Topliss-reactive ketones (excluding diaryl/α,β-unsaturated/α-hetero) is 1. The molecule has 1 amide bonds. The van der Waals surface area contributed by atoms with Crippen LogP contribution in [0, 0.1) is 5.82 Å². The smallest absolute Gasteiger partial charge is 0.220 e. The van der Waals surface area contributed by atoms with Gasteiger partial charge in [0, 0.05) is 31.0 Å². The number of nitrogens with two attached hydrogens (primary N) is 1. The first kappa shape index (κ1) is 21.6. The Kier molecular flexibility index (Phi) is 8.75. The number of hydrogen-bond acceptors (Lipinski definition) is 4. The van der Waals surface area contributed by atoms with Crippen LogP contribution in [0.15, 0.2) is 48.5 Å². The van der Waals surface area contributed by atoms with Crippen molar-refractivity contribution in [1.82, 2.24) is 5.32 Å². The van der Waals surface area contributed by atoms with E-state index in [1.807, 2.05) is 30.3 Å². The van der Waals surface area contributed by atoms with E-state index in [4.69, 9.17) is 10.5 Å². The number of ether oxygens (including phenoxy) is 1. The van der Waals surface area contributed by atoms with Gasteiger partial charge in [-0.1, -0.05) is 30.3 Å². The molecule has 0 aromatic heterocycles. The minimum Gasteiger partial charge on any atom is -0.494 e. The third kappa shape index (κ3) is 6.13. The Bertz CT molecular complexity index is 741. The van der Waals surface area contributed by atoms with E-state index < -0.39 is 5.82 Å². The number of nitrogens with one attached hydrogen (secondary N) is 1. The summed E-state index contributed by atoms with van der Waals surface area (Å²) in [6, 6.07) is 13.1. The summed E-state index contributed by atoms with van der Waals surface area (Å²) in [5.74, 6) is -1.10. The number of carbonyl (C=O) groups excluding carboxylic acids is 2. The van der Waals surface area contributed by atoms with Crippen LogP contribution in [0.5, 0.6) is 5.75 Å². The first-order valence-corrected chi connectivity index (χ1v) is 7.95. The Hall–Kier alpha value is -2.44. The van der Waals surface area contributed by atoms with Crippen molar-refractivity contribution in [2.45, 2.75) is 18.9 Å². The second-order valence-electron chi connectivity index (χ2n) is 5.59. The lowest BCUT2D eigenvalue weighted by Gasteiger charge is -2.13. The number of rotatable bonds is 8. The highest BCUT2D eigenvalue weighted by molar-refractivity contribution is 5.98. The molecule has 0 aliphatic carbocycles. The van der Waals surface area contributed by atoms with E-state index in [0.29, 0.717) is 0 Å². The summed E-state index contributed by atoms with van der Waals surface area (Å²) in [5.41, 5.74) is 7.14. The molecule has 0 spiro atoms. The SMILES string of the molecule is COc1ccc(C(=O)CCC(=O)NCC(N)c2ccccc2)cc1F.Cl. The van der Waals surface area contributed by atoms with Crippen LogP contribution in [0.25, 0.3) is 0 Å². The van der Waals surface area contributed by atoms with E-state index in [0.717, 1.165) is 11.6 Å². The second kappa shape index (κ2) is 10.5. The maximum Gasteiger partial charge on any atom is 0.220 e. The Morgan fingerprint density at radius 3 is 2.46 bits per heavy atom. The molecule has 2 rings (SSSR count). The van der Waals surface area contributed by atoms with E-state index >= 15 is 0 Å². The van der Waals surface area contributed by atoms with Crippen LogP contribution in [0.4, 0.5) is 4.39 Å². The molecule has 1 atom stereocenters. The topological polar surface area (TPSA) is 81.4 Å². The van der Waals surface area contributed by atoms with Crippen LogP contribution in [0.2, 0.25) is 0 Å². The zero-order valence-electron chi connectivity index (χ0n) is 14.4. The standard InChI is InChI=1S/C19H21FN2O3.ClH/c1-25-18-9-7-14(11-15(18)20)17(23)8-10-19(24)22-12-16(21)13-5-3-2-4-6-13;/h2-7,9,11,16H,8,10,12,21H2,1H3,(H,22,24);1H. The van der Waals surface area contributed by atoms with Gasteiger partial charge in [0.25, 0.3) is 0 Å². The third-order valence-electron chi connectivity index (χ3n) is 3.80. The summed E-state index contributed by atoms with van der Waals surface area (Å²) in [4.78, 5) is 23.9. The molecule has 2 aromatic rings. The lowest BCUT2D eigenvalue weighted by molar-refractivity contribution is -0.121. The molecule has 0 aliphatic rings. The molecule has 0 bridgehead atoms. The average molecular weight is 381 g/mol. The Balaban J connectivity index is 0.00000338. The zero-order valence-corrected chi connectivity index (χ0v) is 15.2. The van der Waals surface area contributed by atoms with Gasteiger partial charge in [-0.2, -0.15) is 0 Å². The monoisotopic (exact) mass is 380 g/mol. The fourth-order valence-corrected chi connectivity index (χ4v) is 2.34. The largest absolute Gasteiger partial charge is 0.494 e. The lowest BCUT2D eigenvalue weighted by Crippen LogP contribution is -2.32. The van der Waals surface area contributed by atoms with Gasteiger partial charge in [0.05, 0.1) is 7.11 Å². The van der Waals surface area contributed by atoms with Crippen LogP contribution in [0.3, 0.4) is 0 Å². The average Bonchev–Trinajstić information content (AvgIpc) is 2.64. The number of amides is 1. The van der Waals surface area contributed by atoms with E-state index in [-0.39, 0.29) is 60.8 Å². The third-order valence-corrected chi connectivity index (χ3v) is 3.80. The summed E-state index contributed by atoms with van der Waals surface area (Å²) in [7, 11) is 1.35. The van der Waals surface area contributed by atoms with Gasteiger partial charge >= 0.3 is 0 Å². The van der Waals surface area contributed by atoms with Gasteiger partial charge < -0.3 is 15.8 Å². The molecule has 3 N–H and O–H groups in total. The van der Waals surface area contributed by atoms with E-state index in [2.05, 4.69) is 5.32 Å². The molecule has 0 saturated heterocycles. The lowest BCUT2D eigenvalue weighted by atomic mass is 10.1. The highest BCUT2D eigenvalue weighted by atomic mass is 35.5. The minimum absolute atomic E-state index is 0. The van der Waals surface area contributed by atoms with Crippen molar-refractivity contribution >= 4 is 24.1 Å². The fourth-order valence-electron chi connectivity index (χ4n) is 2.34. The zero-order chi connectivity index (χ0) is 18.2. The van der Waals surface area contributed by atoms with Gasteiger partial charge in [0.2, 0.25) is 5.91 Å². The summed E-state index contributed by atoms with van der Waals surface area (Å²) in [5, 5.41) is 2.71. The van der Waals surface area contributed by atoms with Crippen molar-refractivity contribution in [3.8, 4) is 5.75 Å². The summed E-state index contributed by atoms with van der Waals surface area (Å²) >= 11 is 0. The molecule has 0 fully saturated rings. The fraction of sp³-hybridized carbons (Fsp3) is 0.263. The molecule has 5 nitrogen and oxygen atoms in total. The van der Waals surface area contributed by atoms with E-state index in [1.165, 1.54) is 19.2 Å². The van der Waals surface area contributed by atoms with Gasteiger partial charge in [0.15, 0.2) is 17.3 Å². The number of benzene rings is 2. The molecule has 0 radical (unpaired) electrons. The number of hydrogen-bond donors (Lipinski definition) is 2. The molecule has 0 saturated carbocycles. The van der Waals surface area contributed by atoms with E-state index in [1.54, 1.807) is 0 Å².